The van der Waals surface area contributed by atoms with E-state index in [1.807, 2.05) is 4.90 Å². The van der Waals surface area contributed by atoms with Crippen molar-refractivity contribution in [2.45, 2.75) is 46.0 Å². The molecule has 0 saturated carbocycles. The minimum atomic E-state index is 0.263. The minimum absolute atomic E-state index is 0.263. The quantitative estimate of drug-likeness (QED) is 0.786. The highest BCUT2D eigenvalue weighted by atomic mass is 16.2. The second-order valence-electron chi connectivity index (χ2n) is 9.13. The Kier molecular flexibility index (Phi) is 7.53. The normalized spacial score (nSPS) is 28.4. The first kappa shape index (κ1) is 20.6. The van der Waals surface area contributed by atoms with Crippen LogP contribution in [0.5, 0.6) is 0 Å². The standard InChI is InChI=1S/C21H38N4O2/c1-17-13-18(2)15-25(14-17)21(27)16-23-9-11-24(12-10-23)20(26)4-3-19-5-7-22-8-6-19/h17-19,22H,3-16H2,1-2H3. The molecule has 0 aromatic heterocycles. The molecule has 0 aliphatic carbocycles. The lowest BCUT2D eigenvalue weighted by atomic mass is 9.92. The number of carbonyl (C=O) groups is 2. The van der Waals surface area contributed by atoms with E-state index < -0.39 is 0 Å². The molecule has 0 radical (unpaired) electrons. The highest BCUT2D eigenvalue weighted by molar-refractivity contribution is 5.78. The van der Waals surface area contributed by atoms with Crippen LogP contribution in [0.25, 0.3) is 0 Å². The van der Waals surface area contributed by atoms with Gasteiger partial charge in [-0.05, 0) is 56.5 Å². The van der Waals surface area contributed by atoms with Gasteiger partial charge in [0.25, 0.3) is 0 Å². The van der Waals surface area contributed by atoms with Crippen LogP contribution in [0.4, 0.5) is 0 Å². The first-order valence-electron chi connectivity index (χ1n) is 11.0. The van der Waals surface area contributed by atoms with Gasteiger partial charge in [0.15, 0.2) is 0 Å². The number of nitrogens with one attached hydrogen (secondary N) is 1. The van der Waals surface area contributed by atoms with Crippen LogP contribution >= 0.6 is 0 Å². The number of piperazine rings is 1. The van der Waals surface area contributed by atoms with Crippen LogP contribution in [0.15, 0.2) is 0 Å². The van der Waals surface area contributed by atoms with Crippen molar-refractivity contribution in [3.8, 4) is 0 Å². The molecule has 6 heteroatoms. The molecule has 154 valence electrons. The molecule has 0 bridgehead atoms. The Bertz CT molecular complexity index is 488. The number of rotatable bonds is 5. The van der Waals surface area contributed by atoms with Crippen molar-refractivity contribution in [2.24, 2.45) is 17.8 Å². The van der Waals surface area contributed by atoms with E-state index in [0.29, 0.717) is 36.6 Å². The zero-order chi connectivity index (χ0) is 19.2. The van der Waals surface area contributed by atoms with Gasteiger partial charge in [0.2, 0.25) is 11.8 Å². The average molecular weight is 379 g/mol. The molecular formula is C21H38N4O2. The van der Waals surface area contributed by atoms with Crippen molar-refractivity contribution >= 4 is 11.8 Å². The fourth-order valence-electron chi connectivity index (χ4n) is 4.97. The summed E-state index contributed by atoms with van der Waals surface area (Å²) in [5.74, 6) is 2.49. The number of likely N-dealkylation sites (tertiary alicyclic amines) is 1. The highest BCUT2D eigenvalue weighted by Gasteiger charge is 2.28. The van der Waals surface area contributed by atoms with Crippen LogP contribution in [0.3, 0.4) is 0 Å². The second kappa shape index (κ2) is 9.87. The summed E-state index contributed by atoms with van der Waals surface area (Å²) in [6.45, 7) is 12.2. The maximum Gasteiger partial charge on any atom is 0.236 e. The highest BCUT2D eigenvalue weighted by Crippen LogP contribution is 2.21. The van der Waals surface area contributed by atoms with Crippen LogP contribution in [-0.4, -0.2) is 85.4 Å². The van der Waals surface area contributed by atoms with Gasteiger partial charge < -0.3 is 15.1 Å². The van der Waals surface area contributed by atoms with Crippen LogP contribution in [0.2, 0.25) is 0 Å². The zero-order valence-corrected chi connectivity index (χ0v) is 17.3. The zero-order valence-electron chi connectivity index (χ0n) is 17.3. The molecule has 2 amide bonds. The molecule has 1 N–H and O–H groups in total. The van der Waals surface area contributed by atoms with E-state index in [2.05, 4.69) is 29.0 Å². The van der Waals surface area contributed by atoms with Gasteiger partial charge in [-0.25, -0.2) is 0 Å². The Morgan fingerprint density at radius 1 is 0.889 bits per heavy atom. The van der Waals surface area contributed by atoms with Gasteiger partial charge in [-0.15, -0.1) is 0 Å². The Balaban J connectivity index is 1.35. The summed E-state index contributed by atoms with van der Waals surface area (Å²) >= 11 is 0. The van der Waals surface area contributed by atoms with Crippen molar-refractivity contribution in [1.82, 2.24) is 20.0 Å². The summed E-state index contributed by atoms with van der Waals surface area (Å²) in [7, 11) is 0. The Hall–Kier alpha value is -1.14. The van der Waals surface area contributed by atoms with E-state index >= 15 is 0 Å². The number of hydrogen-bond donors (Lipinski definition) is 1. The summed E-state index contributed by atoms with van der Waals surface area (Å²) in [6, 6.07) is 0. The van der Waals surface area contributed by atoms with E-state index in [9.17, 15) is 9.59 Å². The lowest BCUT2D eigenvalue weighted by Gasteiger charge is -2.38. The van der Waals surface area contributed by atoms with Gasteiger partial charge in [-0.3, -0.25) is 14.5 Å². The summed E-state index contributed by atoms with van der Waals surface area (Å²) in [5, 5.41) is 3.38. The fourth-order valence-corrected chi connectivity index (χ4v) is 4.97. The number of amides is 2. The van der Waals surface area contributed by atoms with Crippen molar-refractivity contribution < 1.29 is 9.59 Å². The Labute approximate surface area is 164 Å². The monoisotopic (exact) mass is 378 g/mol. The SMILES string of the molecule is CC1CC(C)CN(C(=O)CN2CCN(C(=O)CCC3CCNCC3)CC2)C1. The molecule has 2 atom stereocenters. The van der Waals surface area contributed by atoms with Crippen molar-refractivity contribution in [2.75, 3.05) is 58.9 Å². The largest absolute Gasteiger partial charge is 0.341 e. The van der Waals surface area contributed by atoms with Gasteiger partial charge in [0.1, 0.15) is 0 Å². The maximum atomic E-state index is 12.6. The fraction of sp³-hybridized carbons (Fsp3) is 0.905. The first-order valence-corrected chi connectivity index (χ1v) is 11.0. The third-order valence-corrected chi connectivity index (χ3v) is 6.53. The van der Waals surface area contributed by atoms with E-state index in [-0.39, 0.29) is 5.91 Å². The molecule has 3 aliphatic rings. The topological polar surface area (TPSA) is 55.9 Å². The van der Waals surface area contributed by atoms with Gasteiger partial charge in [-0.2, -0.15) is 0 Å². The Morgan fingerprint density at radius 3 is 2.15 bits per heavy atom. The van der Waals surface area contributed by atoms with E-state index in [1.54, 1.807) is 0 Å². The van der Waals surface area contributed by atoms with Crippen LogP contribution in [-0.2, 0) is 9.59 Å². The molecule has 2 unspecified atom stereocenters. The number of nitrogens with zero attached hydrogens (tertiary/aromatic N) is 3. The van der Waals surface area contributed by atoms with Gasteiger partial charge >= 0.3 is 0 Å². The third-order valence-electron chi connectivity index (χ3n) is 6.53. The maximum absolute atomic E-state index is 12.6. The smallest absolute Gasteiger partial charge is 0.236 e. The summed E-state index contributed by atoms with van der Waals surface area (Å²) < 4.78 is 0. The molecule has 3 aliphatic heterocycles. The van der Waals surface area contributed by atoms with E-state index in [4.69, 9.17) is 0 Å². The van der Waals surface area contributed by atoms with E-state index in [1.165, 1.54) is 19.3 Å². The molecule has 0 aromatic carbocycles. The third kappa shape index (κ3) is 6.18. The summed E-state index contributed by atoms with van der Waals surface area (Å²) in [4.78, 5) is 31.4. The molecule has 0 aromatic rings. The van der Waals surface area contributed by atoms with Crippen molar-refractivity contribution in [1.29, 1.82) is 0 Å². The van der Waals surface area contributed by atoms with Crippen molar-refractivity contribution in [3.05, 3.63) is 0 Å². The van der Waals surface area contributed by atoms with Crippen LogP contribution in [0.1, 0.15) is 46.0 Å². The molecular weight excluding hydrogens is 340 g/mol. The van der Waals surface area contributed by atoms with Crippen LogP contribution in [0, 0.1) is 17.8 Å². The molecule has 3 heterocycles. The summed E-state index contributed by atoms with van der Waals surface area (Å²) in [6.07, 6.45) is 5.35. The average Bonchev–Trinajstić information content (AvgIpc) is 2.66. The lowest BCUT2D eigenvalue weighted by molar-refractivity contribution is -0.137. The van der Waals surface area contributed by atoms with Gasteiger partial charge in [-0.1, -0.05) is 13.8 Å². The summed E-state index contributed by atoms with van der Waals surface area (Å²) in [5.41, 5.74) is 0. The molecule has 3 saturated heterocycles. The molecule has 27 heavy (non-hydrogen) atoms. The van der Waals surface area contributed by atoms with Gasteiger partial charge in [0, 0.05) is 45.7 Å². The molecule has 6 nitrogen and oxygen atoms in total. The minimum Gasteiger partial charge on any atom is -0.341 e. The van der Waals surface area contributed by atoms with E-state index in [0.717, 1.165) is 58.8 Å². The molecule has 3 rings (SSSR count). The second-order valence-corrected chi connectivity index (χ2v) is 9.13. The molecule has 0 spiro atoms. The number of carbonyl (C=O) groups excluding carboxylic acids is 2. The first-order chi connectivity index (χ1) is 13.0. The lowest BCUT2D eigenvalue weighted by Crippen LogP contribution is -2.53. The van der Waals surface area contributed by atoms with Gasteiger partial charge in [0.05, 0.1) is 6.54 Å². The van der Waals surface area contributed by atoms with Crippen molar-refractivity contribution in [3.63, 3.8) is 0 Å². The Morgan fingerprint density at radius 2 is 1.52 bits per heavy atom. The van der Waals surface area contributed by atoms with Crippen LogP contribution < -0.4 is 5.32 Å². The predicted molar refractivity (Wildman–Crippen MR) is 107 cm³/mol. The predicted octanol–water partition coefficient (Wildman–Crippen LogP) is 1.41. The molecule has 3 fully saturated rings. The number of piperidine rings is 2. The number of hydrogen-bond acceptors (Lipinski definition) is 4.